The number of aliphatic hydroxyl groups excluding tert-OH is 1. The summed E-state index contributed by atoms with van der Waals surface area (Å²) in [5.74, 6) is 0.696. The molecule has 166 valence electrons. The summed E-state index contributed by atoms with van der Waals surface area (Å²) in [6.07, 6.45) is 1.92. The van der Waals surface area contributed by atoms with E-state index in [9.17, 15) is 10.4 Å². The minimum Gasteiger partial charge on any atom is -0.390 e. The van der Waals surface area contributed by atoms with Crippen molar-refractivity contribution in [3.63, 3.8) is 0 Å². The van der Waals surface area contributed by atoms with Crippen LogP contribution in [0.3, 0.4) is 0 Å². The molecule has 1 aromatic carbocycles. The molecule has 0 amide bonds. The Morgan fingerprint density at radius 2 is 2.06 bits per heavy atom. The topological polar surface area (TPSA) is 108 Å². The van der Waals surface area contributed by atoms with Gasteiger partial charge in [-0.2, -0.15) is 5.26 Å². The molecule has 2 aromatic rings. The van der Waals surface area contributed by atoms with E-state index < -0.39 is 0 Å². The molecule has 1 aromatic heterocycles. The molecule has 0 unspecified atom stereocenters. The lowest BCUT2D eigenvalue weighted by Crippen LogP contribution is -2.51. The first-order valence-electron chi connectivity index (χ1n) is 10.2. The number of aryl methyl sites for hydroxylation is 1. The fourth-order valence-electron chi connectivity index (χ4n) is 4.59. The number of nitrogens with two attached hydrogens (primary N) is 1. The molecule has 2 fully saturated rings. The van der Waals surface area contributed by atoms with Gasteiger partial charge in [0, 0.05) is 30.1 Å². The zero-order chi connectivity index (χ0) is 21.5. The molecule has 3 heterocycles. The number of nitrogens with zero attached hydrogens (tertiary/aromatic N) is 4. The van der Waals surface area contributed by atoms with Gasteiger partial charge in [-0.3, -0.25) is 0 Å². The molecule has 2 saturated heterocycles. The molecule has 2 aliphatic rings. The van der Waals surface area contributed by atoms with Crippen LogP contribution in [-0.4, -0.2) is 46.9 Å². The van der Waals surface area contributed by atoms with Gasteiger partial charge in [-0.15, -0.1) is 0 Å². The van der Waals surface area contributed by atoms with Crippen molar-refractivity contribution in [3.8, 4) is 17.3 Å². The molecule has 0 bridgehead atoms. The van der Waals surface area contributed by atoms with Crippen LogP contribution >= 0.6 is 11.6 Å². The predicted molar refractivity (Wildman–Crippen MR) is 122 cm³/mol. The Kier molecular flexibility index (Phi) is 6.87. The number of benzene rings is 1. The number of halogens is 1. The molecule has 4 rings (SSSR count). The molecule has 8 heteroatoms. The van der Waals surface area contributed by atoms with Crippen LogP contribution in [0.5, 0.6) is 0 Å². The summed E-state index contributed by atoms with van der Waals surface area (Å²) in [5.41, 5.74) is 9.26. The number of aliphatic hydroxyl groups is 1. The standard InChI is InChI=1S/C22H26ClN5O2.CH4/c1-13-19(16-5-3-4-15(10-24)18(16)23)27-17(11-29)21(26-13)28-8-6-22(7-9-28)12-30-14(2)20(22)25;/h3-5,14,20,29H,6-9,11-12,25H2,1-2H3;1H4/t14-,20+;/m0./s1. The highest BCUT2D eigenvalue weighted by molar-refractivity contribution is 6.34. The highest BCUT2D eigenvalue weighted by Crippen LogP contribution is 2.42. The number of hydrogen-bond acceptors (Lipinski definition) is 7. The second kappa shape index (κ2) is 9.09. The van der Waals surface area contributed by atoms with E-state index in [-0.39, 0.29) is 31.6 Å². The Morgan fingerprint density at radius 3 is 2.65 bits per heavy atom. The molecular weight excluding hydrogens is 414 g/mol. The predicted octanol–water partition coefficient (Wildman–Crippen LogP) is 3.44. The average molecular weight is 444 g/mol. The van der Waals surface area contributed by atoms with Gasteiger partial charge < -0.3 is 20.5 Å². The van der Waals surface area contributed by atoms with Crippen LogP contribution in [0.15, 0.2) is 18.2 Å². The van der Waals surface area contributed by atoms with Crippen molar-refractivity contribution in [2.45, 2.75) is 52.9 Å². The van der Waals surface area contributed by atoms with E-state index in [1.54, 1.807) is 12.1 Å². The third kappa shape index (κ3) is 4.01. The van der Waals surface area contributed by atoms with Gasteiger partial charge in [-0.1, -0.05) is 31.2 Å². The molecule has 31 heavy (non-hydrogen) atoms. The molecule has 0 saturated carbocycles. The second-order valence-electron chi connectivity index (χ2n) is 8.26. The summed E-state index contributed by atoms with van der Waals surface area (Å²) in [7, 11) is 0. The van der Waals surface area contributed by atoms with Crippen LogP contribution < -0.4 is 10.6 Å². The highest BCUT2D eigenvalue weighted by atomic mass is 35.5. The smallest absolute Gasteiger partial charge is 0.153 e. The van der Waals surface area contributed by atoms with E-state index in [1.807, 2.05) is 19.9 Å². The van der Waals surface area contributed by atoms with Crippen molar-refractivity contribution in [2.24, 2.45) is 11.1 Å². The molecule has 3 N–H and O–H groups in total. The van der Waals surface area contributed by atoms with Crippen molar-refractivity contribution in [1.82, 2.24) is 9.97 Å². The Bertz CT molecular complexity index is 998. The quantitative estimate of drug-likeness (QED) is 0.747. The van der Waals surface area contributed by atoms with Gasteiger partial charge >= 0.3 is 0 Å². The number of aromatic nitrogens is 2. The van der Waals surface area contributed by atoms with Gasteiger partial charge in [0.25, 0.3) is 0 Å². The average Bonchev–Trinajstić information content (AvgIpc) is 3.03. The number of nitriles is 1. The van der Waals surface area contributed by atoms with Crippen molar-refractivity contribution in [2.75, 3.05) is 24.6 Å². The largest absolute Gasteiger partial charge is 0.390 e. The van der Waals surface area contributed by atoms with Gasteiger partial charge in [0.05, 0.1) is 41.3 Å². The number of piperidine rings is 1. The van der Waals surface area contributed by atoms with Crippen molar-refractivity contribution in [1.29, 1.82) is 5.26 Å². The van der Waals surface area contributed by atoms with Gasteiger partial charge in [-0.25, -0.2) is 9.97 Å². The lowest BCUT2D eigenvalue weighted by molar-refractivity contribution is 0.0973. The molecule has 2 atom stereocenters. The van der Waals surface area contributed by atoms with Gasteiger partial charge in [-0.05, 0) is 32.8 Å². The number of hydrogen-bond donors (Lipinski definition) is 2. The Morgan fingerprint density at radius 1 is 1.35 bits per heavy atom. The SMILES string of the molecule is C.Cc1nc(N2CCC3(CC2)CO[C@@H](C)[C@H]3N)c(CO)nc1-c1cccc(C#N)c1Cl. The minimum absolute atomic E-state index is 0. The van der Waals surface area contributed by atoms with Crippen LogP contribution in [0.2, 0.25) is 5.02 Å². The molecule has 0 radical (unpaired) electrons. The van der Waals surface area contributed by atoms with Crippen LogP contribution in [0, 0.1) is 23.7 Å². The first-order valence-corrected chi connectivity index (χ1v) is 10.6. The van der Waals surface area contributed by atoms with Crippen molar-refractivity contribution in [3.05, 3.63) is 40.2 Å². The first-order chi connectivity index (χ1) is 14.4. The summed E-state index contributed by atoms with van der Waals surface area (Å²) in [5, 5.41) is 19.6. The summed E-state index contributed by atoms with van der Waals surface area (Å²) < 4.78 is 5.81. The minimum atomic E-state index is -0.230. The Labute approximate surface area is 188 Å². The van der Waals surface area contributed by atoms with Crippen molar-refractivity contribution >= 4 is 17.4 Å². The van der Waals surface area contributed by atoms with E-state index in [4.69, 9.17) is 32.0 Å². The number of rotatable bonds is 3. The zero-order valence-corrected chi connectivity index (χ0v) is 18.0. The summed E-state index contributed by atoms with van der Waals surface area (Å²) >= 11 is 6.41. The van der Waals surface area contributed by atoms with Crippen molar-refractivity contribution < 1.29 is 9.84 Å². The third-order valence-electron chi connectivity index (χ3n) is 6.55. The van der Waals surface area contributed by atoms with Gasteiger partial charge in [0.15, 0.2) is 5.82 Å². The molecular formula is C23H30ClN5O2. The lowest BCUT2D eigenvalue weighted by atomic mass is 9.73. The molecule has 2 aliphatic heterocycles. The monoisotopic (exact) mass is 443 g/mol. The van der Waals surface area contributed by atoms with E-state index in [0.29, 0.717) is 45.7 Å². The fourth-order valence-corrected chi connectivity index (χ4v) is 4.85. The Balaban J connectivity index is 0.00000272. The highest BCUT2D eigenvalue weighted by Gasteiger charge is 2.47. The summed E-state index contributed by atoms with van der Waals surface area (Å²) in [6, 6.07) is 7.38. The number of ether oxygens (including phenoxy) is 1. The van der Waals surface area contributed by atoms with Crippen LogP contribution in [0.25, 0.3) is 11.3 Å². The number of anilines is 1. The van der Waals surface area contributed by atoms with Crippen LogP contribution in [0.1, 0.15) is 44.1 Å². The molecule has 1 spiro atoms. The zero-order valence-electron chi connectivity index (χ0n) is 17.2. The van der Waals surface area contributed by atoms with E-state index >= 15 is 0 Å². The Hall–Kier alpha value is -2.24. The van der Waals surface area contributed by atoms with Crippen LogP contribution in [-0.2, 0) is 11.3 Å². The maximum absolute atomic E-state index is 10.0. The molecule has 7 nitrogen and oxygen atoms in total. The van der Waals surface area contributed by atoms with Gasteiger partial charge in [0.2, 0.25) is 0 Å². The third-order valence-corrected chi connectivity index (χ3v) is 6.96. The summed E-state index contributed by atoms with van der Waals surface area (Å²) in [4.78, 5) is 11.7. The lowest BCUT2D eigenvalue weighted by Gasteiger charge is -2.42. The maximum Gasteiger partial charge on any atom is 0.153 e. The van der Waals surface area contributed by atoms with Crippen LogP contribution in [0.4, 0.5) is 5.82 Å². The molecule has 0 aliphatic carbocycles. The van der Waals surface area contributed by atoms with E-state index in [0.717, 1.165) is 25.9 Å². The van der Waals surface area contributed by atoms with E-state index in [1.165, 1.54) is 0 Å². The van der Waals surface area contributed by atoms with E-state index in [2.05, 4.69) is 11.0 Å². The fraction of sp³-hybridized carbons (Fsp3) is 0.522. The maximum atomic E-state index is 10.0. The second-order valence-corrected chi connectivity index (χ2v) is 8.63. The normalized spacial score (nSPS) is 22.3. The first kappa shape index (κ1) is 23.4. The van der Waals surface area contributed by atoms with Gasteiger partial charge in [0.1, 0.15) is 11.8 Å². The summed E-state index contributed by atoms with van der Waals surface area (Å²) in [6.45, 7) is 5.95.